The van der Waals surface area contributed by atoms with Crippen LogP contribution in [-0.4, -0.2) is 48.3 Å². The van der Waals surface area contributed by atoms with Crippen molar-refractivity contribution in [1.82, 2.24) is 10.2 Å². The second-order valence-electron chi connectivity index (χ2n) is 5.68. The normalized spacial score (nSPS) is 30.6. The Bertz CT molecular complexity index is 206. The Morgan fingerprint density at radius 2 is 1.94 bits per heavy atom. The van der Waals surface area contributed by atoms with Gasteiger partial charge in [0.25, 0.3) is 0 Å². The zero-order valence-corrected chi connectivity index (χ0v) is 10.5. The summed E-state index contributed by atoms with van der Waals surface area (Å²) < 4.78 is 0. The van der Waals surface area contributed by atoms with Crippen molar-refractivity contribution < 1.29 is 5.11 Å². The minimum absolute atomic E-state index is 0.380. The van der Waals surface area contributed by atoms with Crippen molar-refractivity contribution in [3.05, 3.63) is 0 Å². The molecule has 2 aliphatic rings. The predicted molar refractivity (Wildman–Crippen MR) is 66.6 cm³/mol. The maximum atomic E-state index is 10.4. The van der Waals surface area contributed by atoms with Gasteiger partial charge in [0, 0.05) is 12.6 Å². The number of rotatable bonds is 3. The first kappa shape index (κ1) is 12.3. The summed E-state index contributed by atoms with van der Waals surface area (Å²) in [6.45, 7) is 3.17. The molecular formula is C13H26N2O. The van der Waals surface area contributed by atoms with Crippen LogP contribution in [0.15, 0.2) is 0 Å². The highest BCUT2D eigenvalue weighted by atomic mass is 16.3. The van der Waals surface area contributed by atoms with Crippen LogP contribution in [0, 0.1) is 0 Å². The van der Waals surface area contributed by atoms with Crippen molar-refractivity contribution in [2.75, 3.05) is 26.7 Å². The van der Waals surface area contributed by atoms with Crippen LogP contribution in [0.3, 0.4) is 0 Å². The lowest BCUT2D eigenvalue weighted by atomic mass is 9.99. The van der Waals surface area contributed by atoms with Crippen molar-refractivity contribution in [3.63, 3.8) is 0 Å². The molecule has 1 unspecified atom stereocenters. The molecule has 1 aliphatic carbocycles. The van der Waals surface area contributed by atoms with Crippen molar-refractivity contribution >= 4 is 0 Å². The number of aliphatic hydroxyl groups is 1. The van der Waals surface area contributed by atoms with E-state index in [-0.39, 0.29) is 5.60 Å². The molecule has 0 aromatic rings. The van der Waals surface area contributed by atoms with E-state index >= 15 is 0 Å². The number of hydrogen-bond acceptors (Lipinski definition) is 3. The first-order valence-corrected chi connectivity index (χ1v) is 6.83. The summed E-state index contributed by atoms with van der Waals surface area (Å²) in [5.74, 6) is 0. The van der Waals surface area contributed by atoms with Gasteiger partial charge in [-0.25, -0.2) is 0 Å². The molecule has 2 fully saturated rings. The van der Waals surface area contributed by atoms with Crippen LogP contribution in [0.5, 0.6) is 0 Å². The molecule has 0 radical (unpaired) electrons. The monoisotopic (exact) mass is 226 g/mol. The fraction of sp³-hybridized carbons (Fsp3) is 1.00. The molecule has 1 saturated carbocycles. The molecule has 1 aliphatic heterocycles. The summed E-state index contributed by atoms with van der Waals surface area (Å²) >= 11 is 0. The van der Waals surface area contributed by atoms with E-state index < -0.39 is 0 Å². The molecule has 2 N–H and O–H groups in total. The van der Waals surface area contributed by atoms with Crippen LogP contribution in [-0.2, 0) is 0 Å². The van der Waals surface area contributed by atoms with Crippen LogP contribution < -0.4 is 5.32 Å². The summed E-state index contributed by atoms with van der Waals surface area (Å²) in [4.78, 5) is 2.40. The van der Waals surface area contributed by atoms with E-state index in [0.29, 0.717) is 6.04 Å². The first-order valence-electron chi connectivity index (χ1n) is 6.83. The number of nitrogens with one attached hydrogen (secondary N) is 1. The van der Waals surface area contributed by atoms with Gasteiger partial charge in [-0.05, 0) is 52.2 Å². The summed E-state index contributed by atoms with van der Waals surface area (Å²) in [5, 5.41) is 13.9. The smallest absolute Gasteiger partial charge is 0.0774 e. The van der Waals surface area contributed by atoms with Gasteiger partial charge in [-0.2, -0.15) is 0 Å². The molecule has 1 saturated heterocycles. The summed E-state index contributed by atoms with van der Waals surface area (Å²) in [7, 11) is 2.19. The lowest BCUT2D eigenvalue weighted by Gasteiger charge is -2.33. The molecule has 0 aromatic heterocycles. The minimum Gasteiger partial charge on any atom is -0.389 e. The van der Waals surface area contributed by atoms with E-state index in [0.717, 1.165) is 32.5 Å². The van der Waals surface area contributed by atoms with Crippen LogP contribution in [0.4, 0.5) is 0 Å². The van der Waals surface area contributed by atoms with E-state index in [1.54, 1.807) is 0 Å². The lowest BCUT2D eigenvalue weighted by Crippen LogP contribution is -2.44. The number of nitrogens with zero attached hydrogens (tertiary/aromatic N) is 1. The van der Waals surface area contributed by atoms with Crippen molar-refractivity contribution in [2.45, 2.75) is 56.6 Å². The van der Waals surface area contributed by atoms with Gasteiger partial charge in [0.2, 0.25) is 0 Å². The zero-order valence-electron chi connectivity index (χ0n) is 10.5. The van der Waals surface area contributed by atoms with Gasteiger partial charge in [0.05, 0.1) is 5.60 Å². The molecule has 0 amide bonds. The summed E-state index contributed by atoms with van der Waals surface area (Å²) in [6.07, 6.45) is 8.19. The number of likely N-dealkylation sites (N-methyl/N-ethyl adjacent to an activating group) is 1. The highest BCUT2D eigenvalue weighted by Gasteiger charge is 2.33. The topological polar surface area (TPSA) is 35.5 Å². The van der Waals surface area contributed by atoms with Gasteiger partial charge < -0.3 is 15.3 Å². The molecule has 0 spiro atoms. The summed E-state index contributed by atoms with van der Waals surface area (Å²) in [6, 6.07) is 0.666. The molecule has 2 rings (SSSR count). The maximum Gasteiger partial charge on any atom is 0.0774 e. The highest BCUT2D eigenvalue weighted by molar-refractivity contribution is 4.88. The van der Waals surface area contributed by atoms with Crippen molar-refractivity contribution in [1.29, 1.82) is 0 Å². The van der Waals surface area contributed by atoms with Crippen LogP contribution in [0.25, 0.3) is 0 Å². The average molecular weight is 226 g/mol. The van der Waals surface area contributed by atoms with E-state index in [2.05, 4.69) is 17.3 Å². The molecular weight excluding hydrogens is 200 g/mol. The average Bonchev–Trinajstić information content (AvgIpc) is 2.56. The van der Waals surface area contributed by atoms with Gasteiger partial charge in [0.1, 0.15) is 0 Å². The van der Waals surface area contributed by atoms with E-state index in [1.165, 1.54) is 32.1 Å². The third-order valence-electron chi connectivity index (χ3n) is 4.25. The second kappa shape index (κ2) is 5.48. The molecule has 1 atom stereocenters. The maximum absolute atomic E-state index is 10.4. The molecule has 94 valence electrons. The van der Waals surface area contributed by atoms with Crippen LogP contribution >= 0.6 is 0 Å². The Balaban J connectivity index is 1.83. The Labute approximate surface area is 99.2 Å². The van der Waals surface area contributed by atoms with E-state index in [9.17, 15) is 5.11 Å². The SMILES string of the molecule is CN(CC1(O)CCCC1)C1CCCNCC1. The second-order valence-corrected chi connectivity index (χ2v) is 5.68. The fourth-order valence-electron chi connectivity index (χ4n) is 3.23. The van der Waals surface area contributed by atoms with Crippen molar-refractivity contribution in [2.24, 2.45) is 0 Å². The van der Waals surface area contributed by atoms with Crippen LogP contribution in [0.1, 0.15) is 44.9 Å². The Hall–Kier alpha value is -0.120. The van der Waals surface area contributed by atoms with Gasteiger partial charge >= 0.3 is 0 Å². The molecule has 16 heavy (non-hydrogen) atoms. The largest absolute Gasteiger partial charge is 0.389 e. The Morgan fingerprint density at radius 1 is 1.19 bits per heavy atom. The van der Waals surface area contributed by atoms with Crippen molar-refractivity contribution in [3.8, 4) is 0 Å². The highest BCUT2D eigenvalue weighted by Crippen LogP contribution is 2.30. The van der Waals surface area contributed by atoms with Gasteiger partial charge in [0.15, 0.2) is 0 Å². The molecule has 1 heterocycles. The van der Waals surface area contributed by atoms with Gasteiger partial charge in [-0.15, -0.1) is 0 Å². The van der Waals surface area contributed by atoms with Crippen LogP contribution in [0.2, 0.25) is 0 Å². The molecule has 3 nitrogen and oxygen atoms in total. The Kier molecular flexibility index (Phi) is 4.22. The molecule has 3 heteroatoms. The van der Waals surface area contributed by atoms with Gasteiger partial charge in [-0.3, -0.25) is 0 Å². The molecule has 0 aromatic carbocycles. The quantitative estimate of drug-likeness (QED) is 0.763. The fourth-order valence-corrected chi connectivity index (χ4v) is 3.23. The van der Waals surface area contributed by atoms with Gasteiger partial charge in [-0.1, -0.05) is 12.8 Å². The lowest BCUT2D eigenvalue weighted by molar-refractivity contribution is 0.00386. The third-order valence-corrected chi connectivity index (χ3v) is 4.25. The summed E-state index contributed by atoms with van der Waals surface area (Å²) in [5.41, 5.74) is -0.380. The predicted octanol–water partition coefficient (Wildman–Crippen LogP) is 1.37. The van der Waals surface area contributed by atoms with E-state index in [4.69, 9.17) is 0 Å². The molecule has 0 bridgehead atoms. The first-order chi connectivity index (χ1) is 7.70. The zero-order chi connectivity index (χ0) is 11.4. The Morgan fingerprint density at radius 3 is 2.69 bits per heavy atom. The minimum atomic E-state index is -0.380. The standard InChI is InChI=1S/C13H26N2O/c1-15(11-13(16)7-2-3-8-13)12-5-4-9-14-10-6-12/h12,14,16H,2-11H2,1H3. The van der Waals surface area contributed by atoms with E-state index in [1.807, 2.05) is 0 Å². The number of hydrogen-bond donors (Lipinski definition) is 2. The third kappa shape index (κ3) is 3.19.